The topological polar surface area (TPSA) is 273 Å². The second-order valence-corrected chi connectivity index (χ2v) is 12.8. The van der Waals surface area contributed by atoms with Gasteiger partial charge in [-0.05, 0) is 61.4 Å². The molecular formula is C35H41N5O11. The second-order valence-electron chi connectivity index (χ2n) is 12.8. The summed E-state index contributed by atoms with van der Waals surface area (Å²) in [4.78, 5) is 36.6. The lowest BCUT2D eigenvalue weighted by Gasteiger charge is -2.48. The fourth-order valence-corrected chi connectivity index (χ4v) is 7.34. The van der Waals surface area contributed by atoms with Gasteiger partial charge in [0.25, 0.3) is 0 Å². The van der Waals surface area contributed by atoms with Gasteiger partial charge in [0, 0.05) is 41.6 Å². The van der Waals surface area contributed by atoms with Gasteiger partial charge in [0.2, 0.25) is 12.1 Å². The summed E-state index contributed by atoms with van der Waals surface area (Å²) in [5.41, 5.74) is 10.2. The van der Waals surface area contributed by atoms with E-state index >= 15 is 0 Å². The average molecular weight is 708 g/mol. The molecule has 0 bridgehead atoms. The van der Waals surface area contributed by atoms with Crippen molar-refractivity contribution in [3.05, 3.63) is 75.0 Å². The lowest BCUT2D eigenvalue weighted by Crippen LogP contribution is -2.68. The summed E-state index contributed by atoms with van der Waals surface area (Å²) in [6, 6.07) is 5.50. The number of carbonyl (C=O) groups excluding carboxylic acids is 2. The fraction of sp³-hybridized carbons (Fsp3) is 0.429. The molecule has 0 amide bonds. The lowest BCUT2D eigenvalue weighted by atomic mass is 9.76. The van der Waals surface area contributed by atoms with Crippen LogP contribution in [-0.2, 0) is 24.2 Å². The number of phenolic OH excluding ortho intramolecular Hbond substituents is 1. The number of aromatic hydroxyl groups is 1. The number of carbonyl (C=O) groups is 2. The number of aliphatic imine (C=N–C) groups is 1. The van der Waals surface area contributed by atoms with Crippen LogP contribution in [0.25, 0.3) is 0 Å². The number of ketones is 2. The van der Waals surface area contributed by atoms with Crippen LogP contribution in [0.2, 0.25) is 0 Å². The van der Waals surface area contributed by atoms with E-state index in [0.29, 0.717) is 36.0 Å². The van der Waals surface area contributed by atoms with E-state index in [-0.39, 0.29) is 63.9 Å². The summed E-state index contributed by atoms with van der Waals surface area (Å²) in [5.74, 6) is -1.96. The summed E-state index contributed by atoms with van der Waals surface area (Å²) in [7, 11) is 2.78. The van der Waals surface area contributed by atoms with Crippen LogP contribution < -0.4 is 26.3 Å². The molecule has 3 aliphatic rings. The van der Waals surface area contributed by atoms with E-state index in [0.717, 1.165) is 0 Å². The lowest BCUT2D eigenvalue weighted by molar-refractivity contribution is -0.314. The highest BCUT2D eigenvalue weighted by atomic mass is 16.7. The van der Waals surface area contributed by atoms with E-state index in [1.165, 1.54) is 26.4 Å². The minimum Gasteiger partial charge on any atom is -0.507 e. The van der Waals surface area contributed by atoms with E-state index < -0.39 is 66.8 Å². The Balaban J connectivity index is 1.39. The molecule has 272 valence electrons. The number of aromatic nitrogens is 1. The zero-order valence-electron chi connectivity index (χ0n) is 28.0. The third-order valence-electron chi connectivity index (χ3n) is 9.98. The first-order valence-corrected chi connectivity index (χ1v) is 16.4. The molecule has 6 atom stereocenters. The SMILES string of the molecule is CN=C(N)N[C@@H]1CCCc2cc3c(c(O)c21)C(=O)c1c(O[C@@H]2O[C@H](CO)[C@](O)(CCc4ccnc(N)c4)[C@H](O)[C@H]2O)cc(OC)c(CO)c1C3=O. The molecule has 11 N–H and O–H groups in total. The van der Waals surface area contributed by atoms with E-state index in [9.17, 15) is 40.2 Å². The highest BCUT2D eigenvalue weighted by molar-refractivity contribution is 6.31. The van der Waals surface area contributed by atoms with Crippen molar-refractivity contribution in [2.24, 2.45) is 10.7 Å². The molecule has 0 radical (unpaired) electrons. The van der Waals surface area contributed by atoms with Crippen LogP contribution in [0.5, 0.6) is 17.2 Å². The molecule has 16 heteroatoms. The molecule has 2 heterocycles. The van der Waals surface area contributed by atoms with Crippen molar-refractivity contribution in [1.29, 1.82) is 0 Å². The predicted molar refractivity (Wildman–Crippen MR) is 181 cm³/mol. The number of methoxy groups -OCH3 is 1. The molecule has 0 saturated carbocycles. The van der Waals surface area contributed by atoms with Gasteiger partial charge in [-0.2, -0.15) is 0 Å². The highest BCUT2D eigenvalue weighted by Gasteiger charge is 2.55. The third kappa shape index (κ3) is 6.13. The number of hydrogen-bond donors (Lipinski definition) is 9. The number of hydrogen-bond acceptors (Lipinski definition) is 14. The average Bonchev–Trinajstić information content (AvgIpc) is 3.12. The predicted octanol–water partition coefficient (Wildman–Crippen LogP) is -0.261. The number of aliphatic hydroxyl groups excluding tert-OH is 4. The number of anilines is 1. The zero-order valence-corrected chi connectivity index (χ0v) is 28.0. The molecule has 3 aromatic rings. The number of benzene rings is 2. The highest BCUT2D eigenvalue weighted by Crippen LogP contribution is 2.47. The van der Waals surface area contributed by atoms with Gasteiger partial charge in [0.15, 0.2) is 11.7 Å². The van der Waals surface area contributed by atoms with Crippen LogP contribution in [0.3, 0.4) is 0 Å². The van der Waals surface area contributed by atoms with Gasteiger partial charge >= 0.3 is 0 Å². The Morgan fingerprint density at radius 1 is 1.14 bits per heavy atom. The van der Waals surface area contributed by atoms with Crippen LogP contribution in [-0.4, -0.2) is 104 Å². The number of aryl methyl sites for hydroxylation is 2. The first kappa shape index (κ1) is 36.0. The second kappa shape index (κ2) is 14.1. The monoisotopic (exact) mass is 707 g/mol. The fourth-order valence-electron chi connectivity index (χ4n) is 7.34. The Morgan fingerprint density at radius 2 is 1.90 bits per heavy atom. The Labute approximate surface area is 292 Å². The van der Waals surface area contributed by atoms with Gasteiger partial charge in [-0.1, -0.05) is 0 Å². The Hall–Kier alpha value is -4.84. The summed E-state index contributed by atoms with van der Waals surface area (Å²) >= 11 is 0. The van der Waals surface area contributed by atoms with Gasteiger partial charge in [-0.3, -0.25) is 14.6 Å². The molecule has 16 nitrogen and oxygen atoms in total. The molecule has 1 aromatic heterocycles. The van der Waals surface area contributed by atoms with Gasteiger partial charge < -0.3 is 61.6 Å². The number of nitrogens with two attached hydrogens (primary N) is 2. The maximum Gasteiger partial charge on any atom is 0.229 e. The molecule has 2 aliphatic carbocycles. The van der Waals surface area contributed by atoms with Gasteiger partial charge in [-0.15, -0.1) is 0 Å². The maximum absolute atomic E-state index is 14.5. The Morgan fingerprint density at radius 3 is 2.57 bits per heavy atom. The molecular weight excluding hydrogens is 666 g/mol. The molecule has 2 aromatic carbocycles. The van der Waals surface area contributed by atoms with Crippen LogP contribution in [0, 0.1) is 0 Å². The summed E-state index contributed by atoms with van der Waals surface area (Å²) < 4.78 is 17.3. The summed E-state index contributed by atoms with van der Waals surface area (Å²) in [6.07, 6.45) is -3.86. The molecule has 1 aliphatic heterocycles. The third-order valence-corrected chi connectivity index (χ3v) is 9.98. The minimum atomic E-state index is -2.16. The van der Waals surface area contributed by atoms with Crippen molar-refractivity contribution in [3.63, 3.8) is 0 Å². The first-order valence-electron chi connectivity index (χ1n) is 16.4. The van der Waals surface area contributed by atoms with Crippen molar-refractivity contribution in [2.75, 3.05) is 26.5 Å². The number of nitrogen functional groups attached to an aromatic ring is 1. The van der Waals surface area contributed by atoms with Crippen molar-refractivity contribution in [1.82, 2.24) is 10.3 Å². The maximum atomic E-state index is 14.5. The minimum absolute atomic E-state index is 0.0166. The van der Waals surface area contributed by atoms with Crippen molar-refractivity contribution >= 4 is 23.3 Å². The van der Waals surface area contributed by atoms with E-state index in [2.05, 4.69) is 15.3 Å². The van der Waals surface area contributed by atoms with Crippen molar-refractivity contribution in [3.8, 4) is 17.2 Å². The number of rotatable bonds is 9. The smallest absolute Gasteiger partial charge is 0.229 e. The first-order chi connectivity index (χ1) is 24.4. The Bertz CT molecular complexity index is 1900. The van der Waals surface area contributed by atoms with Crippen LogP contribution in [0.1, 0.15) is 79.4 Å². The molecule has 6 rings (SSSR count). The van der Waals surface area contributed by atoms with E-state index in [1.54, 1.807) is 18.2 Å². The quantitative estimate of drug-likeness (QED) is 0.0801. The normalized spacial score (nSPS) is 25.9. The van der Waals surface area contributed by atoms with Gasteiger partial charge in [0.1, 0.15) is 47.0 Å². The number of nitrogens with zero attached hydrogens (tertiary/aromatic N) is 2. The number of fused-ring (bicyclic) bond motifs is 3. The standard InChI is InChI=1S/C35H41N5O11/c1-38-34(37)40-19-5-3-4-16-11-17-26(29(44)24(16)19)30(45)27-21(12-20(49-2)18(13-41)25(27)28(17)43)50-33-31(46)32(47)35(48,22(14-42)51-33)8-6-15-7-9-39-23(36)10-15/h7,9-12,19,22,31-33,41-42,44,46-48H,3-6,8,13-14H2,1-2H3,(H2,36,39)(H3,37,38,40)/t19-,22-,31-,32-,33-,35-/m1/s1. The molecule has 1 fully saturated rings. The number of pyridine rings is 1. The number of nitrogens with one attached hydrogen (secondary N) is 1. The van der Waals surface area contributed by atoms with E-state index in [1.807, 2.05) is 0 Å². The van der Waals surface area contributed by atoms with Gasteiger partial charge in [-0.25, -0.2) is 4.98 Å². The van der Waals surface area contributed by atoms with Crippen molar-refractivity contribution in [2.45, 2.75) is 75.0 Å². The number of phenols is 1. The van der Waals surface area contributed by atoms with E-state index in [4.69, 9.17) is 25.7 Å². The van der Waals surface area contributed by atoms with Gasteiger partial charge in [0.05, 0.1) is 37.5 Å². The molecule has 51 heavy (non-hydrogen) atoms. The van der Waals surface area contributed by atoms with Crippen LogP contribution in [0.4, 0.5) is 5.82 Å². The summed E-state index contributed by atoms with van der Waals surface area (Å²) in [6.45, 7) is -1.50. The largest absolute Gasteiger partial charge is 0.507 e. The number of aliphatic hydroxyl groups is 5. The summed E-state index contributed by atoms with van der Waals surface area (Å²) in [5, 5.41) is 69.3. The number of guanidine groups is 1. The number of ether oxygens (including phenoxy) is 3. The molecule has 0 unspecified atom stereocenters. The molecule has 0 spiro atoms. The van der Waals surface area contributed by atoms with Crippen LogP contribution >= 0.6 is 0 Å². The van der Waals surface area contributed by atoms with Crippen LogP contribution in [0.15, 0.2) is 35.5 Å². The molecule has 1 saturated heterocycles. The zero-order chi connectivity index (χ0) is 36.8. The Kier molecular flexibility index (Phi) is 9.91. The van der Waals surface area contributed by atoms with Crippen molar-refractivity contribution < 1.29 is 54.4 Å².